The number of ether oxygens (including phenoxy) is 2. The Kier molecular flexibility index (Phi) is 5.30. The predicted molar refractivity (Wildman–Crippen MR) is 79.3 cm³/mol. The van der Waals surface area contributed by atoms with Crippen LogP contribution in [-0.4, -0.2) is 53.5 Å². The second-order valence-electron chi connectivity index (χ2n) is 4.87. The third-order valence-electron chi connectivity index (χ3n) is 3.19. The minimum absolute atomic E-state index is 0.0858. The van der Waals surface area contributed by atoms with Crippen LogP contribution >= 0.6 is 0 Å². The molecule has 1 fully saturated rings. The van der Waals surface area contributed by atoms with Gasteiger partial charge in [0.2, 0.25) is 0 Å². The van der Waals surface area contributed by atoms with Crippen LogP contribution in [0.2, 0.25) is 0 Å². The van der Waals surface area contributed by atoms with E-state index < -0.39 is 35.5 Å². The zero-order valence-electron chi connectivity index (χ0n) is 12.8. The monoisotopic (exact) mass is 337 g/mol. The molecule has 1 saturated heterocycles. The van der Waals surface area contributed by atoms with Gasteiger partial charge in [-0.2, -0.15) is 0 Å². The van der Waals surface area contributed by atoms with Crippen molar-refractivity contribution in [2.24, 2.45) is 0 Å². The quantitative estimate of drug-likeness (QED) is 0.453. The van der Waals surface area contributed by atoms with Crippen molar-refractivity contribution < 1.29 is 28.8 Å². The lowest BCUT2D eigenvalue weighted by Crippen LogP contribution is -2.42. The summed E-state index contributed by atoms with van der Waals surface area (Å²) < 4.78 is 9.96. The summed E-state index contributed by atoms with van der Waals surface area (Å²) in [5.41, 5.74) is -0.289. The van der Waals surface area contributed by atoms with E-state index >= 15 is 0 Å². The van der Waals surface area contributed by atoms with Crippen LogP contribution in [0, 0.1) is 10.1 Å². The maximum absolute atomic E-state index is 12.0. The van der Waals surface area contributed by atoms with Gasteiger partial charge in [-0.05, 0) is 13.0 Å². The van der Waals surface area contributed by atoms with Crippen LogP contribution < -0.4 is 10.1 Å². The first-order chi connectivity index (χ1) is 11.4. The molecule has 0 spiro atoms. The Bertz CT molecular complexity index is 676. The minimum Gasteiger partial charge on any atom is -0.475 e. The molecule has 1 atom stereocenters. The molecule has 1 aromatic carbocycles. The minimum atomic E-state index is -1.17. The predicted octanol–water partition coefficient (Wildman–Crippen LogP) is 0.457. The van der Waals surface area contributed by atoms with Crippen LogP contribution in [0.3, 0.4) is 0 Å². The number of amides is 3. The fraction of sp³-hybridized carbons (Fsp3) is 0.357. The van der Waals surface area contributed by atoms with Crippen LogP contribution in [0.1, 0.15) is 6.92 Å². The van der Waals surface area contributed by atoms with Crippen molar-refractivity contribution in [2.75, 3.05) is 19.7 Å². The van der Waals surface area contributed by atoms with Crippen LogP contribution in [0.25, 0.3) is 0 Å². The van der Waals surface area contributed by atoms with E-state index in [2.05, 4.69) is 5.32 Å². The number of para-hydroxylation sites is 2. The number of nitrogens with zero attached hydrogens (tertiary/aromatic N) is 2. The van der Waals surface area contributed by atoms with Crippen molar-refractivity contribution in [2.45, 2.75) is 13.0 Å². The smallest absolute Gasteiger partial charge is 0.344 e. The number of nitro groups is 1. The van der Waals surface area contributed by atoms with Crippen molar-refractivity contribution in [3.8, 4) is 5.75 Å². The van der Waals surface area contributed by atoms with Gasteiger partial charge in [0.25, 0.3) is 5.91 Å². The van der Waals surface area contributed by atoms with Gasteiger partial charge in [0, 0.05) is 19.2 Å². The Labute approximate surface area is 136 Å². The van der Waals surface area contributed by atoms with Gasteiger partial charge in [-0.3, -0.25) is 19.8 Å². The zero-order chi connectivity index (χ0) is 17.7. The SMILES string of the molecule is CC(OC(=O)COc1ccccc1[N+](=O)[O-])C(=O)N1CCNC1=O. The summed E-state index contributed by atoms with van der Waals surface area (Å²) in [5.74, 6) is -1.62. The average molecular weight is 337 g/mol. The maximum Gasteiger partial charge on any atom is 0.344 e. The van der Waals surface area contributed by atoms with E-state index in [1.54, 1.807) is 0 Å². The Morgan fingerprint density at radius 1 is 1.42 bits per heavy atom. The number of nitrogens with one attached hydrogen (secondary N) is 1. The number of imide groups is 1. The fourth-order valence-corrected chi connectivity index (χ4v) is 2.05. The lowest BCUT2D eigenvalue weighted by atomic mass is 10.3. The van der Waals surface area contributed by atoms with Gasteiger partial charge >= 0.3 is 17.7 Å². The van der Waals surface area contributed by atoms with E-state index in [9.17, 15) is 24.5 Å². The first kappa shape index (κ1) is 17.2. The van der Waals surface area contributed by atoms with Crippen molar-refractivity contribution in [3.05, 3.63) is 34.4 Å². The van der Waals surface area contributed by atoms with Gasteiger partial charge in [-0.15, -0.1) is 0 Å². The van der Waals surface area contributed by atoms with E-state index in [1.165, 1.54) is 31.2 Å². The number of carbonyl (C=O) groups is 3. The second kappa shape index (κ2) is 7.40. The van der Waals surface area contributed by atoms with Gasteiger partial charge in [0.15, 0.2) is 18.5 Å². The summed E-state index contributed by atoms with van der Waals surface area (Å²) in [6, 6.07) is 5.02. The van der Waals surface area contributed by atoms with Crippen molar-refractivity contribution in [1.82, 2.24) is 10.2 Å². The highest BCUT2D eigenvalue weighted by atomic mass is 16.6. The topological polar surface area (TPSA) is 128 Å². The highest BCUT2D eigenvalue weighted by Gasteiger charge is 2.31. The summed E-state index contributed by atoms with van der Waals surface area (Å²) in [6.45, 7) is 1.27. The number of carbonyl (C=O) groups excluding carboxylic acids is 3. The zero-order valence-corrected chi connectivity index (χ0v) is 12.8. The molecule has 10 heteroatoms. The Morgan fingerprint density at radius 3 is 2.75 bits per heavy atom. The first-order valence-corrected chi connectivity index (χ1v) is 7.05. The molecule has 1 unspecified atom stereocenters. The molecule has 0 saturated carbocycles. The van der Waals surface area contributed by atoms with E-state index in [-0.39, 0.29) is 18.0 Å². The molecule has 1 aromatic rings. The molecular weight excluding hydrogens is 322 g/mol. The van der Waals surface area contributed by atoms with Gasteiger partial charge in [-0.1, -0.05) is 12.1 Å². The summed E-state index contributed by atoms with van der Waals surface area (Å²) >= 11 is 0. The van der Waals surface area contributed by atoms with Crippen LogP contribution in [0.15, 0.2) is 24.3 Å². The molecule has 3 amide bonds. The number of benzene rings is 1. The Hall–Kier alpha value is -3.17. The number of hydrogen-bond acceptors (Lipinski definition) is 7. The molecule has 1 heterocycles. The summed E-state index contributed by atoms with van der Waals surface area (Å²) in [4.78, 5) is 46.2. The molecule has 0 aromatic heterocycles. The molecule has 0 aliphatic carbocycles. The summed E-state index contributed by atoms with van der Waals surface area (Å²) in [7, 11) is 0. The maximum atomic E-state index is 12.0. The third kappa shape index (κ3) is 3.97. The average Bonchev–Trinajstić information content (AvgIpc) is 2.98. The van der Waals surface area contributed by atoms with E-state index in [0.717, 1.165) is 4.90 Å². The normalized spacial score (nSPS) is 14.7. The Balaban J connectivity index is 1.88. The van der Waals surface area contributed by atoms with E-state index in [0.29, 0.717) is 6.54 Å². The third-order valence-corrected chi connectivity index (χ3v) is 3.19. The first-order valence-electron chi connectivity index (χ1n) is 7.05. The highest BCUT2D eigenvalue weighted by molar-refractivity contribution is 5.98. The van der Waals surface area contributed by atoms with Gasteiger partial charge < -0.3 is 14.8 Å². The van der Waals surface area contributed by atoms with Gasteiger partial charge in [-0.25, -0.2) is 9.59 Å². The molecule has 1 aliphatic heterocycles. The number of hydrogen-bond donors (Lipinski definition) is 1. The molecule has 0 bridgehead atoms. The fourth-order valence-electron chi connectivity index (χ4n) is 2.05. The number of rotatable bonds is 6. The number of esters is 1. The van der Waals surface area contributed by atoms with Crippen molar-refractivity contribution >= 4 is 23.6 Å². The molecule has 1 aliphatic rings. The van der Waals surface area contributed by atoms with Crippen LogP contribution in [0.5, 0.6) is 5.75 Å². The number of nitro benzene ring substituents is 1. The second-order valence-corrected chi connectivity index (χ2v) is 4.87. The molecule has 128 valence electrons. The Morgan fingerprint density at radius 2 is 2.12 bits per heavy atom. The molecule has 10 nitrogen and oxygen atoms in total. The van der Waals surface area contributed by atoms with Crippen molar-refractivity contribution in [3.63, 3.8) is 0 Å². The standard InChI is InChI=1S/C14H15N3O7/c1-9(13(19)16-7-6-15-14(16)20)24-12(18)8-23-11-5-3-2-4-10(11)17(21)22/h2-5,9H,6-8H2,1H3,(H,15,20). The molecule has 2 rings (SSSR count). The van der Waals surface area contributed by atoms with Crippen LogP contribution in [0.4, 0.5) is 10.5 Å². The van der Waals surface area contributed by atoms with Gasteiger partial charge in [0.1, 0.15) is 0 Å². The van der Waals surface area contributed by atoms with Gasteiger partial charge in [0.05, 0.1) is 4.92 Å². The summed E-state index contributed by atoms with van der Waals surface area (Å²) in [5, 5.41) is 13.3. The molecule has 1 N–H and O–H groups in total. The lowest BCUT2D eigenvalue weighted by Gasteiger charge is -2.18. The van der Waals surface area contributed by atoms with Crippen molar-refractivity contribution in [1.29, 1.82) is 0 Å². The molecule has 24 heavy (non-hydrogen) atoms. The summed E-state index contributed by atoms with van der Waals surface area (Å²) in [6.07, 6.45) is -1.17. The highest BCUT2D eigenvalue weighted by Crippen LogP contribution is 2.25. The molecule has 0 radical (unpaired) electrons. The van der Waals surface area contributed by atoms with Crippen LogP contribution in [-0.2, 0) is 14.3 Å². The molecular formula is C14H15N3O7. The largest absolute Gasteiger partial charge is 0.475 e. The number of urea groups is 1. The van der Waals surface area contributed by atoms with E-state index in [1.807, 2.05) is 0 Å². The van der Waals surface area contributed by atoms with E-state index in [4.69, 9.17) is 9.47 Å². The lowest BCUT2D eigenvalue weighted by molar-refractivity contribution is -0.385.